The minimum absolute atomic E-state index is 0.461. The first-order chi connectivity index (χ1) is 6.70. The molecule has 76 valence electrons. The van der Waals surface area contributed by atoms with Crippen LogP contribution in [0.2, 0.25) is 0 Å². The van der Waals surface area contributed by atoms with Gasteiger partial charge in [-0.25, -0.2) is 0 Å². The summed E-state index contributed by atoms with van der Waals surface area (Å²) in [6, 6.07) is 6.28. The highest BCUT2D eigenvalue weighted by molar-refractivity contribution is 5.75. The lowest BCUT2D eigenvalue weighted by atomic mass is 10.1. The minimum Gasteiger partial charge on any atom is -0.489 e. The van der Waals surface area contributed by atoms with Gasteiger partial charge in [0.15, 0.2) is 0 Å². The minimum atomic E-state index is 0.461. The molecule has 0 radical (unpaired) electrons. The average molecular weight is 192 g/mol. The van der Waals surface area contributed by atoms with Crippen molar-refractivity contribution in [1.29, 1.82) is 0 Å². The van der Waals surface area contributed by atoms with Crippen molar-refractivity contribution in [3.8, 4) is 5.75 Å². The van der Waals surface area contributed by atoms with Crippen LogP contribution in [0.25, 0.3) is 0 Å². The van der Waals surface area contributed by atoms with Crippen LogP contribution in [-0.4, -0.2) is 19.2 Å². The molecule has 0 fully saturated rings. The van der Waals surface area contributed by atoms with Gasteiger partial charge in [-0.3, -0.25) is 0 Å². The van der Waals surface area contributed by atoms with Crippen molar-refractivity contribution in [3.05, 3.63) is 18.2 Å². The number of para-hydroxylation sites is 1. The number of ether oxygens (including phenoxy) is 1. The Hall–Kier alpha value is -1.38. The molecular formula is C11H16N2O. The van der Waals surface area contributed by atoms with E-state index < -0.39 is 0 Å². The van der Waals surface area contributed by atoms with Crippen LogP contribution in [0.3, 0.4) is 0 Å². The Morgan fingerprint density at radius 3 is 2.93 bits per heavy atom. The summed E-state index contributed by atoms with van der Waals surface area (Å²) in [5.41, 5.74) is 7.80. The molecule has 14 heavy (non-hydrogen) atoms. The largest absolute Gasteiger partial charge is 0.489 e. The van der Waals surface area contributed by atoms with Gasteiger partial charge in [0.05, 0.1) is 12.2 Å². The lowest BCUT2D eigenvalue weighted by Gasteiger charge is -2.35. The molecule has 2 rings (SSSR count). The number of rotatable bonds is 1. The van der Waals surface area contributed by atoms with Gasteiger partial charge in [0.25, 0.3) is 0 Å². The molecule has 0 atom stereocenters. The fourth-order valence-corrected chi connectivity index (χ4v) is 1.85. The van der Waals surface area contributed by atoms with E-state index in [1.165, 1.54) is 0 Å². The van der Waals surface area contributed by atoms with E-state index in [1.54, 1.807) is 0 Å². The van der Waals surface area contributed by atoms with Crippen LogP contribution < -0.4 is 15.4 Å². The van der Waals surface area contributed by atoms with E-state index >= 15 is 0 Å². The molecule has 1 aromatic rings. The number of anilines is 2. The fourth-order valence-electron chi connectivity index (χ4n) is 1.85. The summed E-state index contributed by atoms with van der Waals surface area (Å²) >= 11 is 0. The van der Waals surface area contributed by atoms with Crippen LogP contribution in [0, 0.1) is 0 Å². The van der Waals surface area contributed by atoms with Crippen LogP contribution >= 0.6 is 0 Å². The molecule has 0 unspecified atom stereocenters. The SMILES string of the molecule is CC(C)N1CCOc2cccc(N)c21. The molecule has 1 heterocycles. The molecule has 2 N–H and O–H groups in total. The number of nitrogens with two attached hydrogens (primary N) is 1. The summed E-state index contributed by atoms with van der Waals surface area (Å²) in [7, 11) is 0. The third-order valence-corrected chi connectivity index (χ3v) is 2.53. The molecule has 0 saturated heterocycles. The van der Waals surface area contributed by atoms with Crippen LogP contribution in [-0.2, 0) is 0 Å². The third kappa shape index (κ3) is 1.39. The number of benzene rings is 1. The van der Waals surface area contributed by atoms with Gasteiger partial charge in [0.2, 0.25) is 0 Å². The quantitative estimate of drug-likeness (QED) is 0.690. The first kappa shape index (κ1) is 9.19. The average Bonchev–Trinajstić information content (AvgIpc) is 2.17. The fraction of sp³-hybridized carbons (Fsp3) is 0.455. The van der Waals surface area contributed by atoms with Crippen molar-refractivity contribution in [2.45, 2.75) is 19.9 Å². The Balaban J connectivity index is 2.47. The molecule has 0 amide bonds. The Morgan fingerprint density at radius 1 is 1.43 bits per heavy atom. The third-order valence-electron chi connectivity index (χ3n) is 2.53. The number of nitrogens with zero attached hydrogens (tertiary/aromatic N) is 1. The first-order valence-corrected chi connectivity index (χ1v) is 4.98. The lowest BCUT2D eigenvalue weighted by molar-refractivity contribution is 0.303. The molecule has 3 nitrogen and oxygen atoms in total. The molecule has 1 aliphatic heterocycles. The Kier molecular flexibility index (Phi) is 2.23. The van der Waals surface area contributed by atoms with Crippen LogP contribution in [0.5, 0.6) is 5.75 Å². The van der Waals surface area contributed by atoms with E-state index in [0.29, 0.717) is 6.04 Å². The maximum Gasteiger partial charge on any atom is 0.144 e. The van der Waals surface area contributed by atoms with E-state index in [2.05, 4.69) is 18.7 Å². The molecule has 1 aromatic carbocycles. The zero-order valence-electron chi connectivity index (χ0n) is 8.66. The molecule has 0 saturated carbocycles. The maximum atomic E-state index is 5.95. The van der Waals surface area contributed by atoms with Gasteiger partial charge in [0, 0.05) is 6.04 Å². The molecular weight excluding hydrogens is 176 g/mol. The molecule has 0 aromatic heterocycles. The molecule has 0 spiro atoms. The van der Waals surface area contributed by atoms with Gasteiger partial charge in [-0.1, -0.05) is 6.07 Å². The van der Waals surface area contributed by atoms with Crippen molar-refractivity contribution < 1.29 is 4.74 Å². The number of hydrogen-bond donors (Lipinski definition) is 1. The van der Waals surface area contributed by atoms with Gasteiger partial charge in [-0.15, -0.1) is 0 Å². The van der Waals surface area contributed by atoms with Gasteiger partial charge >= 0.3 is 0 Å². The summed E-state index contributed by atoms with van der Waals surface area (Å²) in [4.78, 5) is 2.29. The zero-order valence-corrected chi connectivity index (χ0v) is 8.66. The molecule has 0 bridgehead atoms. The van der Waals surface area contributed by atoms with Crippen molar-refractivity contribution in [2.24, 2.45) is 0 Å². The monoisotopic (exact) mass is 192 g/mol. The van der Waals surface area contributed by atoms with Gasteiger partial charge in [-0.2, -0.15) is 0 Å². The lowest BCUT2D eigenvalue weighted by Crippen LogP contribution is -2.38. The summed E-state index contributed by atoms with van der Waals surface area (Å²) < 4.78 is 5.56. The van der Waals surface area contributed by atoms with Crippen LogP contribution in [0.4, 0.5) is 11.4 Å². The summed E-state index contributed by atoms with van der Waals surface area (Å²) in [6.07, 6.45) is 0. The maximum absolute atomic E-state index is 5.95. The van der Waals surface area contributed by atoms with Crippen LogP contribution in [0.15, 0.2) is 18.2 Å². The second-order valence-corrected chi connectivity index (χ2v) is 3.83. The predicted octanol–water partition coefficient (Wildman–Crippen LogP) is 1.88. The predicted molar refractivity (Wildman–Crippen MR) is 58.8 cm³/mol. The Bertz CT molecular complexity index is 336. The topological polar surface area (TPSA) is 38.5 Å². The van der Waals surface area contributed by atoms with Crippen LogP contribution in [0.1, 0.15) is 13.8 Å². The first-order valence-electron chi connectivity index (χ1n) is 4.98. The second-order valence-electron chi connectivity index (χ2n) is 3.83. The van der Waals surface area contributed by atoms with Gasteiger partial charge in [0.1, 0.15) is 18.0 Å². The highest BCUT2D eigenvalue weighted by atomic mass is 16.5. The Morgan fingerprint density at radius 2 is 2.21 bits per heavy atom. The summed E-state index contributed by atoms with van der Waals surface area (Å²) in [5, 5.41) is 0. The normalized spacial score (nSPS) is 15.2. The number of hydrogen-bond acceptors (Lipinski definition) is 3. The van der Waals surface area contributed by atoms with E-state index in [1.807, 2.05) is 18.2 Å². The molecule has 1 aliphatic rings. The standard InChI is InChI=1S/C11H16N2O/c1-8(2)13-6-7-14-10-5-3-4-9(12)11(10)13/h3-5,8H,6-7,12H2,1-2H3. The van der Waals surface area contributed by atoms with Crippen molar-refractivity contribution in [1.82, 2.24) is 0 Å². The van der Waals surface area contributed by atoms with Gasteiger partial charge < -0.3 is 15.4 Å². The highest BCUT2D eigenvalue weighted by Crippen LogP contribution is 2.37. The van der Waals surface area contributed by atoms with Gasteiger partial charge in [-0.05, 0) is 26.0 Å². The van der Waals surface area contributed by atoms with E-state index in [9.17, 15) is 0 Å². The van der Waals surface area contributed by atoms with E-state index in [-0.39, 0.29) is 0 Å². The van der Waals surface area contributed by atoms with E-state index in [4.69, 9.17) is 10.5 Å². The van der Waals surface area contributed by atoms with Crippen molar-refractivity contribution in [2.75, 3.05) is 23.8 Å². The highest BCUT2D eigenvalue weighted by Gasteiger charge is 2.21. The molecule has 0 aliphatic carbocycles. The number of nitrogen functional groups attached to an aromatic ring is 1. The summed E-state index contributed by atoms with van der Waals surface area (Å²) in [6.45, 7) is 6.00. The number of fused-ring (bicyclic) bond motifs is 1. The zero-order chi connectivity index (χ0) is 10.1. The second kappa shape index (κ2) is 3.40. The van der Waals surface area contributed by atoms with Crippen molar-refractivity contribution in [3.63, 3.8) is 0 Å². The summed E-state index contributed by atoms with van der Waals surface area (Å²) in [5.74, 6) is 0.907. The Labute approximate surface area is 84.5 Å². The van der Waals surface area contributed by atoms with Crippen molar-refractivity contribution >= 4 is 11.4 Å². The molecule has 3 heteroatoms. The van der Waals surface area contributed by atoms with E-state index in [0.717, 1.165) is 30.3 Å². The smallest absolute Gasteiger partial charge is 0.144 e.